The summed E-state index contributed by atoms with van der Waals surface area (Å²) in [5.41, 5.74) is 2.47. The van der Waals surface area contributed by atoms with E-state index < -0.39 is 0 Å². The van der Waals surface area contributed by atoms with Gasteiger partial charge in [-0.3, -0.25) is 15.0 Å². The second kappa shape index (κ2) is 9.60. The maximum Gasteiger partial charge on any atom is 0.257 e. The number of ether oxygens (including phenoxy) is 2. The van der Waals surface area contributed by atoms with E-state index in [0.29, 0.717) is 23.2 Å². The van der Waals surface area contributed by atoms with E-state index in [1.807, 2.05) is 35.7 Å². The lowest BCUT2D eigenvalue weighted by molar-refractivity contribution is 0.0337. The Morgan fingerprint density at radius 3 is 2.86 bits per heavy atom. The molecule has 2 aromatic heterocycles. The average molecular weight is 410 g/mol. The third-order valence-corrected chi connectivity index (χ3v) is 5.29. The molecule has 1 saturated heterocycles. The number of pyridine rings is 1. The van der Waals surface area contributed by atoms with E-state index in [9.17, 15) is 4.79 Å². The molecule has 8 heteroatoms. The molecule has 1 aromatic carbocycles. The van der Waals surface area contributed by atoms with Gasteiger partial charge in [0.2, 0.25) is 5.88 Å². The molecule has 0 unspecified atom stereocenters. The first-order valence-corrected chi connectivity index (χ1v) is 10.3. The van der Waals surface area contributed by atoms with Gasteiger partial charge >= 0.3 is 0 Å². The Kier molecular flexibility index (Phi) is 6.45. The molecular formula is C21H22N4O3S. The Hall–Kier alpha value is -2.81. The number of amides is 1. The van der Waals surface area contributed by atoms with Crippen LogP contribution < -0.4 is 10.1 Å². The van der Waals surface area contributed by atoms with Crippen molar-refractivity contribution in [1.29, 1.82) is 0 Å². The van der Waals surface area contributed by atoms with Crippen LogP contribution in [-0.2, 0) is 17.9 Å². The Morgan fingerprint density at radius 1 is 1.21 bits per heavy atom. The number of benzene rings is 1. The Morgan fingerprint density at radius 2 is 2.03 bits per heavy atom. The molecule has 3 aromatic rings. The zero-order chi connectivity index (χ0) is 19.9. The number of rotatable bonds is 7. The minimum Gasteiger partial charge on any atom is -0.473 e. The van der Waals surface area contributed by atoms with Crippen LogP contribution in [-0.4, -0.2) is 47.1 Å². The van der Waals surface area contributed by atoms with Crippen molar-refractivity contribution in [3.8, 4) is 5.88 Å². The third-order valence-electron chi connectivity index (χ3n) is 4.49. The zero-order valence-corrected chi connectivity index (χ0v) is 16.7. The zero-order valence-electron chi connectivity index (χ0n) is 15.9. The van der Waals surface area contributed by atoms with Gasteiger partial charge in [-0.25, -0.2) is 9.97 Å². The number of anilines is 1. The van der Waals surface area contributed by atoms with Crippen molar-refractivity contribution in [3.63, 3.8) is 0 Å². The van der Waals surface area contributed by atoms with Crippen molar-refractivity contribution in [2.45, 2.75) is 13.2 Å². The van der Waals surface area contributed by atoms with E-state index in [2.05, 4.69) is 20.2 Å². The molecule has 0 aliphatic carbocycles. The highest BCUT2D eigenvalue weighted by Gasteiger charge is 2.14. The molecule has 1 amide bonds. The van der Waals surface area contributed by atoms with Crippen LogP contribution in [0, 0.1) is 0 Å². The number of hydrogen-bond donors (Lipinski definition) is 1. The summed E-state index contributed by atoms with van der Waals surface area (Å²) in [4.78, 5) is 23.6. The molecule has 0 spiro atoms. The summed E-state index contributed by atoms with van der Waals surface area (Å²) in [7, 11) is 0. The first-order valence-electron chi connectivity index (χ1n) is 9.45. The number of morpholine rings is 1. The van der Waals surface area contributed by atoms with Gasteiger partial charge in [0, 0.05) is 42.8 Å². The summed E-state index contributed by atoms with van der Waals surface area (Å²) in [6, 6.07) is 13.1. The molecule has 4 rings (SSSR count). The largest absolute Gasteiger partial charge is 0.473 e. The molecule has 29 heavy (non-hydrogen) atoms. The van der Waals surface area contributed by atoms with Crippen molar-refractivity contribution >= 4 is 22.4 Å². The van der Waals surface area contributed by atoms with E-state index in [-0.39, 0.29) is 5.91 Å². The second-order valence-electron chi connectivity index (χ2n) is 6.64. The highest BCUT2D eigenvalue weighted by atomic mass is 32.1. The van der Waals surface area contributed by atoms with Crippen molar-refractivity contribution < 1.29 is 14.3 Å². The minimum atomic E-state index is -0.232. The van der Waals surface area contributed by atoms with Crippen LogP contribution in [0.15, 0.2) is 54.0 Å². The predicted molar refractivity (Wildman–Crippen MR) is 111 cm³/mol. The van der Waals surface area contributed by atoms with Gasteiger partial charge in [-0.05, 0) is 11.6 Å². The maximum atomic E-state index is 12.6. The fourth-order valence-corrected chi connectivity index (χ4v) is 3.65. The van der Waals surface area contributed by atoms with Crippen LogP contribution in [0.2, 0.25) is 0 Å². The number of aromatic nitrogens is 2. The van der Waals surface area contributed by atoms with E-state index >= 15 is 0 Å². The monoisotopic (exact) mass is 410 g/mol. The molecule has 7 nitrogen and oxygen atoms in total. The summed E-state index contributed by atoms with van der Waals surface area (Å²) in [6.07, 6.45) is 1.57. The summed E-state index contributed by atoms with van der Waals surface area (Å²) < 4.78 is 11.1. The summed E-state index contributed by atoms with van der Waals surface area (Å²) in [6.45, 7) is 4.48. The van der Waals surface area contributed by atoms with Gasteiger partial charge in [0.25, 0.3) is 5.91 Å². The normalized spacial score (nSPS) is 14.5. The number of nitrogens with zero attached hydrogens (tertiary/aromatic N) is 3. The standard InChI is InChI=1S/C21H22N4O3S/c26-20(24-21-23-18(15-29-21)13-25-8-10-27-11-9-25)17-6-7-22-19(12-17)28-14-16-4-2-1-3-5-16/h1-7,12,15H,8-11,13-14H2,(H,23,24,26). The van der Waals surface area contributed by atoms with Gasteiger partial charge in [0.1, 0.15) is 6.61 Å². The molecule has 1 aliphatic rings. The van der Waals surface area contributed by atoms with Crippen LogP contribution in [0.25, 0.3) is 0 Å². The lowest BCUT2D eigenvalue weighted by atomic mass is 10.2. The summed E-state index contributed by atoms with van der Waals surface area (Å²) in [5.74, 6) is 0.179. The maximum absolute atomic E-state index is 12.6. The lowest BCUT2D eigenvalue weighted by Gasteiger charge is -2.25. The van der Waals surface area contributed by atoms with Gasteiger partial charge in [-0.15, -0.1) is 11.3 Å². The van der Waals surface area contributed by atoms with E-state index in [4.69, 9.17) is 9.47 Å². The first-order chi connectivity index (χ1) is 14.3. The fourth-order valence-electron chi connectivity index (χ4n) is 2.96. The number of thiazole rings is 1. The van der Waals surface area contributed by atoms with Crippen molar-refractivity contribution in [3.05, 3.63) is 70.9 Å². The topological polar surface area (TPSA) is 76.6 Å². The summed E-state index contributed by atoms with van der Waals surface area (Å²) >= 11 is 1.43. The number of carbonyl (C=O) groups is 1. The van der Waals surface area contributed by atoms with Crippen LogP contribution in [0.3, 0.4) is 0 Å². The highest BCUT2D eigenvalue weighted by molar-refractivity contribution is 7.13. The highest BCUT2D eigenvalue weighted by Crippen LogP contribution is 2.19. The Bertz CT molecular complexity index is 942. The Labute approximate surface area is 173 Å². The van der Waals surface area contributed by atoms with Crippen LogP contribution in [0.4, 0.5) is 5.13 Å². The van der Waals surface area contributed by atoms with E-state index in [1.165, 1.54) is 11.3 Å². The molecule has 0 atom stereocenters. The van der Waals surface area contributed by atoms with Gasteiger partial charge in [0.15, 0.2) is 5.13 Å². The molecule has 150 valence electrons. The Balaban J connectivity index is 1.33. The van der Waals surface area contributed by atoms with Gasteiger partial charge in [-0.2, -0.15) is 0 Å². The lowest BCUT2D eigenvalue weighted by Crippen LogP contribution is -2.35. The molecule has 1 aliphatic heterocycles. The molecule has 0 radical (unpaired) electrons. The SMILES string of the molecule is O=C(Nc1nc(CN2CCOCC2)cs1)c1ccnc(OCc2ccccc2)c1. The molecule has 0 saturated carbocycles. The van der Waals surface area contributed by atoms with Crippen LogP contribution >= 0.6 is 11.3 Å². The summed E-state index contributed by atoms with van der Waals surface area (Å²) in [5, 5.41) is 5.42. The second-order valence-corrected chi connectivity index (χ2v) is 7.50. The predicted octanol–water partition coefficient (Wildman–Crippen LogP) is 3.20. The smallest absolute Gasteiger partial charge is 0.257 e. The van der Waals surface area contributed by atoms with Crippen molar-refractivity contribution in [2.24, 2.45) is 0 Å². The fraction of sp³-hybridized carbons (Fsp3) is 0.286. The van der Waals surface area contributed by atoms with Crippen molar-refractivity contribution in [1.82, 2.24) is 14.9 Å². The van der Waals surface area contributed by atoms with E-state index in [0.717, 1.165) is 44.1 Å². The van der Waals surface area contributed by atoms with Crippen LogP contribution in [0.1, 0.15) is 21.6 Å². The molecule has 0 bridgehead atoms. The number of nitrogens with one attached hydrogen (secondary N) is 1. The number of carbonyl (C=O) groups excluding carboxylic acids is 1. The van der Waals surface area contributed by atoms with Gasteiger partial charge < -0.3 is 9.47 Å². The first kappa shape index (κ1) is 19.5. The van der Waals surface area contributed by atoms with Gasteiger partial charge in [0.05, 0.1) is 18.9 Å². The van der Waals surface area contributed by atoms with Crippen molar-refractivity contribution in [2.75, 3.05) is 31.6 Å². The molecule has 3 heterocycles. The number of hydrogen-bond acceptors (Lipinski definition) is 7. The molecule has 1 N–H and O–H groups in total. The quantitative estimate of drug-likeness (QED) is 0.645. The van der Waals surface area contributed by atoms with E-state index in [1.54, 1.807) is 18.3 Å². The van der Waals surface area contributed by atoms with Gasteiger partial charge in [-0.1, -0.05) is 30.3 Å². The minimum absolute atomic E-state index is 0.232. The molecule has 1 fully saturated rings. The third kappa shape index (κ3) is 5.60. The van der Waals surface area contributed by atoms with Crippen LogP contribution in [0.5, 0.6) is 5.88 Å². The molecular weight excluding hydrogens is 388 g/mol. The average Bonchev–Trinajstić information content (AvgIpc) is 3.20.